The lowest BCUT2D eigenvalue weighted by Crippen LogP contribution is -2.63. The Hall–Kier alpha value is -0.960. The fraction of sp³-hybridized carbons (Fsp3) is 1.00. The minimum Gasteiger partial charge on any atom is -0.394 e. The van der Waals surface area contributed by atoms with E-state index in [2.05, 4.69) is 0 Å². The van der Waals surface area contributed by atoms with Gasteiger partial charge >= 0.3 is 0 Å². The van der Waals surface area contributed by atoms with E-state index in [0.717, 1.165) is 0 Å². The molecule has 5 saturated heterocycles. The molecule has 0 amide bonds. The van der Waals surface area contributed by atoms with Gasteiger partial charge in [0.15, 0.2) is 31.5 Å². The third-order valence-electron chi connectivity index (χ3n) is 9.77. The molecule has 0 spiro atoms. The molecule has 0 radical (unpaired) electrons. The standard InChI is InChI=1S/C29H50O24/c1-44-25-21(41)18(38)14(34)9(50-25)4-47-28-23(43)24(16(36)11(51-28)6-46-27-22(42)17(37)12(32)7(2-30)48-27)53-29-20(40)15(35)10(52-29)5-45-26-19(39)13(33)8(3-31)49-26/h7-43H,2-6H2,1H3/t7?,8-,9?,10-,11?,12-,13+,14-,15+,16-,17-,18-,19?,20?,21?,22?,23?,24-,25+,26+,27+,28+,29+/m0/s1. The van der Waals surface area contributed by atoms with Crippen molar-refractivity contribution in [2.24, 2.45) is 0 Å². The van der Waals surface area contributed by atoms with Gasteiger partial charge in [-0.05, 0) is 0 Å². The Morgan fingerprint density at radius 2 is 0.679 bits per heavy atom. The fourth-order valence-corrected chi connectivity index (χ4v) is 6.48. The van der Waals surface area contributed by atoms with Gasteiger partial charge in [-0.2, -0.15) is 0 Å². The highest BCUT2D eigenvalue weighted by Gasteiger charge is 2.53. The van der Waals surface area contributed by atoms with E-state index in [1.54, 1.807) is 0 Å². The summed E-state index contributed by atoms with van der Waals surface area (Å²) in [7, 11) is 1.17. The quantitative estimate of drug-likeness (QED) is 0.0778. The lowest BCUT2D eigenvalue weighted by atomic mass is 9.97. The van der Waals surface area contributed by atoms with Crippen LogP contribution in [0.1, 0.15) is 0 Å². The van der Waals surface area contributed by atoms with Crippen LogP contribution in [-0.4, -0.2) is 253 Å². The van der Waals surface area contributed by atoms with Crippen molar-refractivity contribution in [2.75, 3.05) is 40.1 Å². The van der Waals surface area contributed by atoms with E-state index < -0.39 is 174 Å². The first-order valence-corrected chi connectivity index (χ1v) is 16.8. The summed E-state index contributed by atoms with van der Waals surface area (Å²) < 4.78 is 54.5. The lowest BCUT2D eigenvalue weighted by Gasteiger charge is -2.45. The number of methoxy groups -OCH3 is 1. The minimum atomic E-state index is -1.94. The summed E-state index contributed by atoms with van der Waals surface area (Å²) in [5.74, 6) is 0. The number of aliphatic hydroxyl groups excluding tert-OH is 14. The molecule has 14 N–H and O–H groups in total. The summed E-state index contributed by atoms with van der Waals surface area (Å²) in [6.45, 7) is -3.27. The van der Waals surface area contributed by atoms with Crippen molar-refractivity contribution in [1.82, 2.24) is 0 Å². The summed E-state index contributed by atoms with van der Waals surface area (Å²) in [5, 5.41) is 144. The normalized spacial score (nSPS) is 52.2. The van der Waals surface area contributed by atoms with Gasteiger partial charge in [0.2, 0.25) is 0 Å². The number of hydrogen-bond donors (Lipinski definition) is 14. The van der Waals surface area contributed by atoms with Crippen molar-refractivity contribution < 1.29 is 119 Å². The maximum absolute atomic E-state index is 11.3. The van der Waals surface area contributed by atoms with Crippen molar-refractivity contribution in [2.45, 2.75) is 141 Å². The predicted octanol–water partition coefficient (Wildman–Crippen LogP) is -9.99. The molecule has 310 valence electrons. The van der Waals surface area contributed by atoms with Crippen LogP contribution in [0, 0.1) is 0 Å². The number of ether oxygens (including phenoxy) is 10. The van der Waals surface area contributed by atoms with E-state index in [9.17, 15) is 71.5 Å². The first-order valence-electron chi connectivity index (χ1n) is 16.8. The van der Waals surface area contributed by atoms with Crippen LogP contribution in [0.15, 0.2) is 0 Å². The topological polar surface area (TPSA) is 376 Å². The Bertz CT molecular complexity index is 1070. The van der Waals surface area contributed by atoms with Crippen LogP contribution >= 0.6 is 0 Å². The van der Waals surface area contributed by atoms with Gasteiger partial charge in [-0.1, -0.05) is 0 Å². The Labute approximate surface area is 300 Å². The van der Waals surface area contributed by atoms with Crippen molar-refractivity contribution in [1.29, 1.82) is 0 Å². The average molecular weight is 783 g/mol. The van der Waals surface area contributed by atoms with E-state index in [1.165, 1.54) is 7.11 Å². The first-order chi connectivity index (χ1) is 25.1. The maximum atomic E-state index is 11.3. The molecule has 0 saturated carbocycles. The molecule has 23 atom stereocenters. The lowest BCUT2D eigenvalue weighted by molar-refractivity contribution is -0.354. The molecule has 5 heterocycles. The summed E-state index contributed by atoms with van der Waals surface area (Å²) in [6.07, 6.45) is -37.4. The molecule has 0 aliphatic carbocycles. The second kappa shape index (κ2) is 18.5. The molecule has 5 aliphatic heterocycles. The van der Waals surface area contributed by atoms with E-state index in [1.807, 2.05) is 0 Å². The van der Waals surface area contributed by atoms with Crippen LogP contribution in [-0.2, 0) is 47.4 Å². The molecule has 0 aromatic rings. The Morgan fingerprint density at radius 3 is 1.17 bits per heavy atom. The van der Waals surface area contributed by atoms with Gasteiger partial charge in [-0.15, -0.1) is 0 Å². The van der Waals surface area contributed by atoms with E-state index in [0.29, 0.717) is 0 Å². The van der Waals surface area contributed by atoms with Gasteiger partial charge in [-0.3, -0.25) is 0 Å². The number of aliphatic hydroxyl groups is 14. The SMILES string of the molecule is CO[C@@H]1OC(CO[C@@H]2OC(CO[C@@H]3OC(CO)[C@H](O)[C@H](O)C3O)[C@H](O)[C@H](O[C@H]3O[C@@H](CO[C@@H]4O[C@@H](CO)[C@@H](O)C4O)[C@@H](O)C3O)C2O)[C@H](O)[C@H](O)C1O. The Balaban J connectivity index is 1.27. The largest absolute Gasteiger partial charge is 0.394 e. The molecule has 5 fully saturated rings. The van der Waals surface area contributed by atoms with Crippen LogP contribution in [0.2, 0.25) is 0 Å². The smallest absolute Gasteiger partial charge is 0.187 e. The van der Waals surface area contributed by atoms with Crippen molar-refractivity contribution in [3.63, 3.8) is 0 Å². The van der Waals surface area contributed by atoms with Crippen LogP contribution in [0.4, 0.5) is 0 Å². The van der Waals surface area contributed by atoms with E-state index in [4.69, 9.17) is 47.4 Å². The zero-order valence-electron chi connectivity index (χ0n) is 28.2. The molecule has 24 nitrogen and oxygen atoms in total. The molecule has 0 aromatic heterocycles. The van der Waals surface area contributed by atoms with Crippen molar-refractivity contribution in [3.8, 4) is 0 Å². The summed E-state index contributed by atoms with van der Waals surface area (Å²) in [4.78, 5) is 0. The van der Waals surface area contributed by atoms with Crippen LogP contribution in [0.5, 0.6) is 0 Å². The van der Waals surface area contributed by atoms with Crippen LogP contribution in [0.25, 0.3) is 0 Å². The van der Waals surface area contributed by atoms with Gasteiger partial charge in [0.1, 0.15) is 110 Å². The maximum Gasteiger partial charge on any atom is 0.187 e. The Kier molecular flexibility index (Phi) is 15.1. The highest BCUT2D eigenvalue weighted by molar-refractivity contribution is 4.96. The molecule has 5 rings (SSSR count). The summed E-state index contributed by atoms with van der Waals surface area (Å²) in [6, 6.07) is 0. The van der Waals surface area contributed by atoms with Gasteiger partial charge < -0.3 is 119 Å². The number of rotatable bonds is 14. The molecule has 8 unspecified atom stereocenters. The van der Waals surface area contributed by atoms with Gasteiger partial charge in [0.05, 0.1) is 33.0 Å². The zero-order valence-corrected chi connectivity index (χ0v) is 28.2. The summed E-state index contributed by atoms with van der Waals surface area (Å²) >= 11 is 0. The zero-order chi connectivity index (χ0) is 38.9. The molecule has 0 bridgehead atoms. The second-order valence-corrected chi connectivity index (χ2v) is 13.3. The monoisotopic (exact) mass is 782 g/mol. The van der Waals surface area contributed by atoms with Crippen molar-refractivity contribution >= 4 is 0 Å². The predicted molar refractivity (Wildman–Crippen MR) is 159 cm³/mol. The molecule has 53 heavy (non-hydrogen) atoms. The average Bonchev–Trinajstić information content (AvgIpc) is 3.58. The third kappa shape index (κ3) is 9.12. The Morgan fingerprint density at radius 1 is 0.358 bits per heavy atom. The molecule has 0 aromatic carbocycles. The fourth-order valence-electron chi connectivity index (χ4n) is 6.48. The van der Waals surface area contributed by atoms with Crippen LogP contribution in [0.3, 0.4) is 0 Å². The van der Waals surface area contributed by atoms with Gasteiger partial charge in [0, 0.05) is 7.11 Å². The molecule has 24 heteroatoms. The first kappa shape index (κ1) is 43.2. The highest BCUT2D eigenvalue weighted by Crippen LogP contribution is 2.33. The van der Waals surface area contributed by atoms with Gasteiger partial charge in [-0.25, -0.2) is 0 Å². The molecular weight excluding hydrogens is 732 g/mol. The third-order valence-corrected chi connectivity index (χ3v) is 9.77. The van der Waals surface area contributed by atoms with Gasteiger partial charge in [0.25, 0.3) is 0 Å². The van der Waals surface area contributed by atoms with Crippen LogP contribution < -0.4 is 0 Å². The van der Waals surface area contributed by atoms with E-state index >= 15 is 0 Å². The molecule has 5 aliphatic rings. The molecular formula is C29H50O24. The van der Waals surface area contributed by atoms with Crippen molar-refractivity contribution in [3.05, 3.63) is 0 Å². The second-order valence-electron chi connectivity index (χ2n) is 13.3. The number of hydrogen-bond acceptors (Lipinski definition) is 24. The minimum absolute atomic E-state index is 0.544. The van der Waals surface area contributed by atoms with E-state index in [-0.39, 0.29) is 0 Å². The summed E-state index contributed by atoms with van der Waals surface area (Å²) in [5.41, 5.74) is 0. The highest BCUT2D eigenvalue weighted by atomic mass is 16.8.